The van der Waals surface area contributed by atoms with E-state index in [-0.39, 0.29) is 5.78 Å². The summed E-state index contributed by atoms with van der Waals surface area (Å²) < 4.78 is 10.4. The average molecular weight is 351 g/mol. The van der Waals surface area contributed by atoms with Crippen LogP contribution in [0, 0.1) is 0 Å². The quantitative estimate of drug-likeness (QED) is 0.542. The highest BCUT2D eigenvalue weighted by Crippen LogP contribution is 2.28. The zero-order valence-electron chi connectivity index (χ0n) is 13.0. The second-order valence-corrected chi connectivity index (χ2v) is 5.73. The van der Waals surface area contributed by atoms with Crippen molar-refractivity contribution in [2.75, 3.05) is 14.2 Å². The number of ketones is 1. The first-order chi connectivity index (χ1) is 11.0. The molecule has 0 amide bonds. The summed E-state index contributed by atoms with van der Waals surface area (Å²) in [6, 6.07) is 10.2. The molecule has 0 N–H and O–H groups in total. The van der Waals surface area contributed by atoms with Crippen LogP contribution >= 0.6 is 23.2 Å². The molecule has 0 aliphatic rings. The van der Waals surface area contributed by atoms with Crippen molar-refractivity contribution in [2.24, 2.45) is 0 Å². The van der Waals surface area contributed by atoms with Crippen molar-refractivity contribution < 1.29 is 14.3 Å². The Morgan fingerprint density at radius 1 is 1.04 bits per heavy atom. The molecule has 0 aliphatic carbocycles. The summed E-state index contributed by atoms with van der Waals surface area (Å²) in [7, 11) is 3.07. The fraction of sp³-hybridized carbons (Fsp3) is 0.167. The van der Waals surface area contributed by atoms with Crippen molar-refractivity contribution in [3.8, 4) is 11.5 Å². The summed E-state index contributed by atoms with van der Waals surface area (Å²) >= 11 is 12.0. The molecule has 0 fully saturated rings. The normalized spacial score (nSPS) is 11.3. The zero-order valence-corrected chi connectivity index (χ0v) is 14.5. The van der Waals surface area contributed by atoms with E-state index in [1.165, 1.54) is 7.11 Å². The Morgan fingerprint density at radius 2 is 1.78 bits per heavy atom. The van der Waals surface area contributed by atoms with Crippen LogP contribution in [0.5, 0.6) is 11.5 Å². The predicted octanol–water partition coefficient (Wildman–Crippen LogP) is 5.30. The summed E-state index contributed by atoms with van der Waals surface area (Å²) in [5.74, 6) is 0.945. The first-order valence-electron chi connectivity index (χ1n) is 6.86. The fourth-order valence-corrected chi connectivity index (χ4v) is 2.58. The fourth-order valence-electron chi connectivity index (χ4n) is 2.12. The van der Waals surface area contributed by atoms with Crippen molar-refractivity contribution in [3.05, 3.63) is 63.1 Å². The number of allylic oxidation sites excluding steroid dienone is 1. The third kappa shape index (κ3) is 4.06. The number of carbonyl (C=O) groups is 1. The van der Waals surface area contributed by atoms with Crippen LogP contribution in [0.4, 0.5) is 0 Å². The molecule has 23 heavy (non-hydrogen) atoms. The lowest BCUT2D eigenvalue weighted by Crippen LogP contribution is -2.04. The number of hydrogen-bond acceptors (Lipinski definition) is 3. The van der Waals surface area contributed by atoms with Crippen LogP contribution in [0.25, 0.3) is 6.08 Å². The minimum absolute atomic E-state index is 0.143. The van der Waals surface area contributed by atoms with Crippen molar-refractivity contribution in [1.29, 1.82) is 0 Å². The van der Waals surface area contributed by atoms with Crippen LogP contribution in [0.3, 0.4) is 0 Å². The van der Waals surface area contributed by atoms with Gasteiger partial charge in [-0.2, -0.15) is 0 Å². The molecule has 0 spiro atoms. The van der Waals surface area contributed by atoms with Gasteiger partial charge in [0.05, 0.1) is 19.8 Å². The molecule has 2 aromatic rings. The third-order valence-electron chi connectivity index (χ3n) is 3.35. The van der Waals surface area contributed by atoms with Gasteiger partial charge < -0.3 is 9.47 Å². The van der Waals surface area contributed by atoms with Crippen molar-refractivity contribution in [1.82, 2.24) is 0 Å². The molecule has 5 heteroatoms. The Bertz CT molecular complexity index is 767. The van der Waals surface area contributed by atoms with Gasteiger partial charge in [-0.3, -0.25) is 4.79 Å². The maximum atomic E-state index is 12.6. The number of ether oxygens (including phenoxy) is 2. The lowest BCUT2D eigenvalue weighted by Gasteiger charge is -2.10. The molecule has 0 unspecified atom stereocenters. The van der Waals surface area contributed by atoms with Gasteiger partial charge >= 0.3 is 0 Å². The Morgan fingerprint density at radius 3 is 2.39 bits per heavy atom. The smallest absolute Gasteiger partial charge is 0.192 e. The van der Waals surface area contributed by atoms with Crippen molar-refractivity contribution >= 4 is 35.1 Å². The maximum Gasteiger partial charge on any atom is 0.192 e. The number of hydrogen-bond donors (Lipinski definition) is 0. The zero-order chi connectivity index (χ0) is 17.0. The standard InChI is InChI=1S/C18H16Cl2O3/c1-11(8-12-4-5-13(19)9-16(12)20)18(21)15-7-6-14(22-2)10-17(15)23-3/h4-10H,1-3H3/b11-8+. The molecule has 0 saturated carbocycles. The lowest BCUT2D eigenvalue weighted by atomic mass is 10.0. The van der Waals surface area contributed by atoms with Crippen molar-refractivity contribution in [2.45, 2.75) is 6.92 Å². The van der Waals surface area contributed by atoms with Gasteiger partial charge in [-0.1, -0.05) is 29.3 Å². The second kappa shape index (κ2) is 7.53. The van der Waals surface area contributed by atoms with E-state index in [1.54, 1.807) is 56.5 Å². The molecule has 0 aliphatic heterocycles. The number of Topliss-reactive ketones (excluding diaryl/α,β-unsaturated/α-hetero) is 1. The summed E-state index contributed by atoms with van der Waals surface area (Å²) in [5, 5.41) is 1.04. The van der Waals surface area contributed by atoms with E-state index in [4.69, 9.17) is 32.7 Å². The molecule has 0 saturated heterocycles. The Hall–Kier alpha value is -1.97. The Balaban J connectivity index is 2.37. The van der Waals surface area contributed by atoms with Gasteiger partial charge in [0.1, 0.15) is 11.5 Å². The van der Waals surface area contributed by atoms with E-state index >= 15 is 0 Å². The van der Waals surface area contributed by atoms with E-state index in [0.717, 1.165) is 5.56 Å². The summed E-state index contributed by atoms with van der Waals surface area (Å²) in [6.07, 6.45) is 1.73. The Kier molecular flexibility index (Phi) is 5.69. The van der Waals surface area contributed by atoms with Crippen LogP contribution in [0.1, 0.15) is 22.8 Å². The molecule has 0 atom stereocenters. The monoisotopic (exact) mass is 350 g/mol. The Labute approximate surface area is 145 Å². The van der Waals surface area contributed by atoms with E-state index in [9.17, 15) is 4.79 Å². The molecule has 120 valence electrons. The third-order valence-corrected chi connectivity index (χ3v) is 3.91. The highest BCUT2D eigenvalue weighted by atomic mass is 35.5. The van der Waals surface area contributed by atoms with Gasteiger partial charge in [0, 0.05) is 16.1 Å². The number of methoxy groups -OCH3 is 2. The van der Waals surface area contributed by atoms with Gasteiger partial charge in [-0.15, -0.1) is 0 Å². The lowest BCUT2D eigenvalue weighted by molar-refractivity contribution is 0.103. The van der Waals surface area contributed by atoms with Crippen LogP contribution in [0.2, 0.25) is 10.0 Å². The SMILES string of the molecule is COc1ccc(C(=O)/C(C)=C/c2ccc(Cl)cc2Cl)c(OC)c1. The van der Waals surface area contributed by atoms with Gasteiger partial charge in [-0.25, -0.2) is 0 Å². The number of rotatable bonds is 5. The molecule has 2 rings (SSSR count). The second-order valence-electron chi connectivity index (χ2n) is 4.89. The van der Waals surface area contributed by atoms with E-state index in [2.05, 4.69) is 0 Å². The molecule has 3 nitrogen and oxygen atoms in total. The van der Waals surface area contributed by atoms with Crippen LogP contribution in [-0.4, -0.2) is 20.0 Å². The van der Waals surface area contributed by atoms with Gasteiger partial charge in [0.2, 0.25) is 0 Å². The summed E-state index contributed by atoms with van der Waals surface area (Å²) in [5.41, 5.74) is 1.74. The summed E-state index contributed by atoms with van der Waals surface area (Å²) in [6.45, 7) is 1.73. The van der Waals surface area contributed by atoms with Crippen LogP contribution < -0.4 is 9.47 Å². The number of benzene rings is 2. The van der Waals surface area contributed by atoms with Crippen LogP contribution in [0.15, 0.2) is 42.0 Å². The first kappa shape index (κ1) is 17.4. The van der Waals surface area contributed by atoms with Gasteiger partial charge in [-0.05, 0) is 48.4 Å². The average Bonchev–Trinajstić information content (AvgIpc) is 2.55. The van der Waals surface area contributed by atoms with E-state index < -0.39 is 0 Å². The highest BCUT2D eigenvalue weighted by Gasteiger charge is 2.15. The highest BCUT2D eigenvalue weighted by molar-refractivity contribution is 6.35. The van der Waals surface area contributed by atoms with Gasteiger partial charge in [0.25, 0.3) is 0 Å². The van der Waals surface area contributed by atoms with Crippen molar-refractivity contribution in [3.63, 3.8) is 0 Å². The predicted molar refractivity (Wildman–Crippen MR) is 94.0 cm³/mol. The van der Waals surface area contributed by atoms with E-state index in [1.807, 2.05) is 0 Å². The van der Waals surface area contributed by atoms with Gasteiger partial charge in [0.15, 0.2) is 5.78 Å². The largest absolute Gasteiger partial charge is 0.497 e. The molecule has 0 bridgehead atoms. The molecule has 0 aromatic heterocycles. The first-order valence-corrected chi connectivity index (χ1v) is 7.62. The topological polar surface area (TPSA) is 35.5 Å². The number of halogens is 2. The maximum absolute atomic E-state index is 12.6. The van der Waals surface area contributed by atoms with Crippen LogP contribution in [-0.2, 0) is 0 Å². The minimum atomic E-state index is -0.143. The molecular weight excluding hydrogens is 335 g/mol. The molecule has 2 aromatic carbocycles. The minimum Gasteiger partial charge on any atom is -0.497 e. The molecule has 0 heterocycles. The molecule has 0 radical (unpaired) electrons. The molecular formula is C18H16Cl2O3. The van der Waals surface area contributed by atoms with E-state index in [0.29, 0.717) is 32.7 Å². The summed E-state index contributed by atoms with van der Waals surface area (Å²) in [4.78, 5) is 12.6. The number of carbonyl (C=O) groups excluding carboxylic acids is 1.